The van der Waals surface area contributed by atoms with Crippen LogP contribution in [0.2, 0.25) is 0 Å². The Balaban J connectivity index is 1.61. The van der Waals surface area contributed by atoms with E-state index in [9.17, 15) is 22.7 Å². The van der Waals surface area contributed by atoms with Crippen LogP contribution < -0.4 is 10.5 Å². The number of ether oxygens (including phenoxy) is 1. The molecule has 1 fully saturated rings. The highest BCUT2D eigenvalue weighted by atomic mass is 19.4. The van der Waals surface area contributed by atoms with Crippen molar-refractivity contribution in [2.24, 2.45) is 5.73 Å². The summed E-state index contributed by atoms with van der Waals surface area (Å²) in [7, 11) is 0. The molecule has 36 heavy (non-hydrogen) atoms. The Kier molecular flexibility index (Phi) is 6.05. The van der Waals surface area contributed by atoms with E-state index in [1.54, 1.807) is 26.0 Å². The fourth-order valence-electron chi connectivity index (χ4n) is 4.54. The van der Waals surface area contributed by atoms with Crippen LogP contribution in [0.5, 0.6) is 5.75 Å². The van der Waals surface area contributed by atoms with Crippen molar-refractivity contribution < 1.29 is 27.4 Å². The van der Waals surface area contributed by atoms with Gasteiger partial charge in [0, 0.05) is 36.8 Å². The lowest BCUT2D eigenvalue weighted by molar-refractivity contribution is -0.184. The van der Waals surface area contributed by atoms with Gasteiger partial charge in [-0.05, 0) is 37.6 Å². The fraction of sp³-hybridized carbons (Fsp3) is 0.375. The summed E-state index contributed by atoms with van der Waals surface area (Å²) >= 11 is 0. The van der Waals surface area contributed by atoms with Gasteiger partial charge in [-0.2, -0.15) is 13.2 Å². The van der Waals surface area contributed by atoms with Gasteiger partial charge in [-0.25, -0.2) is 9.37 Å². The van der Waals surface area contributed by atoms with E-state index >= 15 is 0 Å². The molecule has 1 saturated heterocycles. The number of alkyl halides is 3. The van der Waals surface area contributed by atoms with Crippen LogP contribution in [0.25, 0.3) is 28.1 Å². The Morgan fingerprint density at radius 1 is 1.11 bits per heavy atom. The first-order chi connectivity index (χ1) is 17.0. The van der Waals surface area contributed by atoms with Crippen LogP contribution >= 0.6 is 0 Å². The first kappa shape index (κ1) is 24.3. The van der Waals surface area contributed by atoms with Crippen LogP contribution in [0.4, 0.5) is 17.6 Å². The summed E-state index contributed by atoms with van der Waals surface area (Å²) in [6, 6.07) is 5.85. The summed E-state index contributed by atoms with van der Waals surface area (Å²) in [5.74, 6) is -0.0136. The molecule has 190 valence electrons. The molecule has 0 radical (unpaired) electrons. The molecule has 8 nitrogen and oxygen atoms in total. The van der Waals surface area contributed by atoms with Crippen LogP contribution in [0.1, 0.15) is 25.5 Å². The number of β-amino-alcohol motifs (C(OH)–C–C–N with tert-alkyl or cyclic N) is 1. The van der Waals surface area contributed by atoms with Gasteiger partial charge in [0.15, 0.2) is 11.5 Å². The average Bonchev–Trinajstić information content (AvgIpc) is 3.34. The number of fused-ring (bicyclic) bond motifs is 2. The van der Waals surface area contributed by atoms with E-state index < -0.39 is 30.2 Å². The first-order valence-electron chi connectivity index (χ1n) is 11.4. The summed E-state index contributed by atoms with van der Waals surface area (Å²) in [5, 5.41) is 18.7. The second kappa shape index (κ2) is 8.95. The number of nitrogens with two attached hydrogens (primary N) is 1. The normalized spacial score (nSPS) is 20.0. The summed E-state index contributed by atoms with van der Waals surface area (Å²) in [5.41, 5.74) is 6.77. The highest BCUT2D eigenvalue weighted by Crippen LogP contribution is 2.39. The van der Waals surface area contributed by atoms with Gasteiger partial charge in [-0.1, -0.05) is 12.1 Å². The molecule has 1 aliphatic rings. The van der Waals surface area contributed by atoms with Crippen molar-refractivity contribution in [1.82, 2.24) is 24.5 Å². The lowest BCUT2D eigenvalue weighted by atomic mass is 10.1. The van der Waals surface area contributed by atoms with Gasteiger partial charge < -0.3 is 15.6 Å². The number of aliphatic hydroxyl groups excluding tert-OH is 1. The summed E-state index contributed by atoms with van der Waals surface area (Å²) in [4.78, 5) is 5.71. The van der Waals surface area contributed by atoms with Gasteiger partial charge in [0.25, 0.3) is 0 Å². The number of pyridine rings is 2. The summed E-state index contributed by atoms with van der Waals surface area (Å²) < 4.78 is 63.7. The molecule has 3 aromatic heterocycles. The zero-order chi connectivity index (χ0) is 25.8. The highest BCUT2D eigenvalue weighted by molar-refractivity contribution is 5.86. The zero-order valence-electron chi connectivity index (χ0n) is 19.4. The molecule has 1 aromatic carbocycles. The maximum Gasteiger partial charge on any atom is 0.408 e. The molecule has 0 bridgehead atoms. The van der Waals surface area contributed by atoms with Gasteiger partial charge in [0.2, 0.25) is 0 Å². The number of nitrogens with zero attached hydrogens (tertiary/aromatic N) is 5. The summed E-state index contributed by atoms with van der Waals surface area (Å²) in [6.45, 7) is 3.31. The quantitative estimate of drug-likeness (QED) is 0.401. The Bertz CT molecular complexity index is 1410. The lowest BCUT2D eigenvalue weighted by Crippen LogP contribution is -2.38. The van der Waals surface area contributed by atoms with Gasteiger partial charge in [0.1, 0.15) is 28.8 Å². The molecular formula is C24H24F4N6O2. The topological polar surface area (TPSA) is 102 Å². The zero-order valence-corrected chi connectivity index (χ0v) is 19.4. The van der Waals surface area contributed by atoms with Crippen LogP contribution in [-0.2, 0) is 0 Å². The molecule has 12 heteroatoms. The van der Waals surface area contributed by atoms with Crippen molar-refractivity contribution in [3.05, 3.63) is 54.0 Å². The van der Waals surface area contributed by atoms with E-state index in [1.807, 2.05) is 0 Å². The molecule has 5 rings (SSSR count). The smallest absolute Gasteiger partial charge is 0.408 e. The van der Waals surface area contributed by atoms with E-state index in [0.717, 1.165) is 4.90 Å². The number of aliphatic hydroxyl groups is 1. The van der Waals surface area contributed by atoms with Gasteiger partial charge in [-0.15, -0.1) is 10.2 Å². The largest absolute Gasteiger partial charge is 0.489 e. The van der Waals surface area contributed by atoms with Crippen molar-refractivity contribution >= 4 is 16.6 Å². The maximum absolute atomic E-state index is 14.2. The molecule has 4 heterocycles. The van der Waals surface area contributed by atoms with E-state index in [0.29, 0.717) is 22.2 Å². The van der Waals surface area contributed by atoms with E-state index in [1.165, 1.54) is 34.9 Å². The maximum atomic E-state index is 14.2. The monoisotopic (exact) mass is 504 g/mol. The third kappa shape index (κ3) is 4.47. The van der Waals surface area contributed by atoms with Crippen LogP contribution in [-0.4, -0.2) is 67.1 Å². The van der Waals surface area contributed by atoms with Crippen LogP contribution in [0.3, 0.4) is 0 Å². The van der Waals surface area contributed by atoms with Crippen LogP contribution in [0.15, 0.2) is 42.6 Å². The van der Waals surface area contributed by atoms with Crippen molar-refractivity contribution in [3.63, 3.8) is 0 Å². The van der Waals surface area contributed by atoms with Gasteiger partial charge >= 0.3 is 6.18 Å². The van der Waals surface area contributed by atoms with Crippen LogP contribution in [0, 0.1) is 5.82 Å². The molecule has 3 atom stereocenters. The molecule has 4 aromatic rings. The number of hydrogen-bond acceptors (Lipinski definition) is 7. The minimum atomic E-state index is -4.61. The lowest BCUT2D eigenvalue weighted by Gasteiger charge is -2.29. The second-order valence-electron chi connectivity index (χ2n) is 9.18. The molecule has 0 amide bonds. The first-order valence-corrected chi connectivity index (χ1v) is 11.4. The minimum absolute atomic E-state index is 0.0518. The summed E-state index contributed by atoms with van der Waals surface area (Å²) in [6.07, 6.45) is -4.56. The van der Waals surface area contributed by atoms with E-state index in [4.69, 9.17) is 10.5 Å². The fourth-order valence-corrected chi connectivity index (χ4v) is 4.54. The Morgan fingerprint density at radius 2 is 1.89 bits per heavy atom. The van der Waals surface area contributed by atoms with E-state index in [2.05, 4.69) is 15.2 Å². The van der Waals surface area contributed by atoms with Crippen molar-refractivity contribution in [3.8, 4) is 17.3 Å². The molecule has 3 N–H and O–H groups in total. The predicted octanol–water partition coefficient (Wildman–Crippen LogP) is 3.48. The Morgan fingerprint density at radius 3 is 2.56 bits per heavy atom. The Hall–Kier alpha value is -3.35. The minimum Gasteiger partial charge on any atom is -0.489 e. The SMILES string of the molecule is CC(C)Oc1cc(F)cc2ccc(-c3nnc4ccc([C@@H](N5C[C@@H](N)[C@H](O)C5)C(F)(F)F)cn34)nc12. The highest BCUT2D eigenvalue weighted by Gasteiger charge is 2.48. The number of rotatable bonds is 5. The Labute approximate surface area is 203 Å². The third-order valence-corrected chi connectivity index (χ3v) is 6.09. The van der Waals surface area contributed by atoms with Crippen molar-refractivity contribution in [1.29, 1.82) is 0 Å². The number of hydrogen-bond donors (Lipinski definition) is 2. The van der Waals surface area contributed by atoms with Crippen molar-refractivity contribution in [2.75, 3.05) is 13.1 Å². The molecule has 0 spiro atoms. The second-order valence-corrected chi connectivity index (χ2v) is 9.18. The predicted molar refractivity (Wildman–Crippen MR) is 124 cm³/mol. The third-order valence-electron chi connectivity index (χ3n) is 6.09. The van der Waals surface area contributed by atoms with E-state index in [-0.39, 0.29) is 36.3 Å². The number of likely N-dealkylation sites (tertiary alicyclic amines) is 1. The molecule has 0 unspecified atom stereocenters. The molecule has 0 saturated carbocycles. The number of benzene rings is 1. The number of halogens is 4. The standard InChI is InChI=1S/C24H24F4N6O2/c1-12(2)36-19-8-15(25)7-13-3-5-17(30-21(13)19)23-32-31-20-6-4-14(9-34(20)23)22(24(26,27)28)33-10-16(29)18(35)11-33/h3-9,12,16,18,22,35H,10-11,29H2,1-2H3/t16-,18-,22-/m1/s1. The molecular weight excluding hydrogens is 480 g/mol. The number of aromatic nitrogens is 4. The average molecular weight is 504 g/mol. The van der Waals surface area contributed by atoms with Gasteiger partial charge in [0.05, 0.1) is 12.2 Å². The molecule has 1 aliphatic heterocycles. The van der Waals surface area contributed by atoms with Gasteiger partial charge in [-0.3, -0.25) is 9.30 Å². The van der Waals surface area contributed by atoms with Crippen molar-refractivity contribution in [2.45, 2.75) is 44.3 Å². The molecule has 0 aliphatic carbocycles.